The van der Waals surface area contributed by atoms with Gasteiger partial charge in [0.05, 0.1) is 31.6 Å². The first-order valence-electron chi connectivity index (χ1n) is 10.3. The van der Waals surface area contributed by atoms with Crippen molar-refractivity contribution in [2.75, 3.05) is 52.3 Å². The lowest BCUT2D eigenvalue weighted by atomic mass is 9.87. The molecule has 2 aromatic rings. The third kappa shape index (κ3) is 4.20. The summed E-state index contributed by atoms with van der Waals surface area (Å²) in [4.78, 5) is 16.7. The number of nitrogens with zero attached hydrogens (tertiary/aromatic N) is 3. The number of morpholine rings is 1. The van der Waals surface area contributed by atoms with Crippen molar-refractivity contribution in [2.24, 2.45) is 0 Å². The summed E-state index contributed by atoms with van der Waals surface area (Å²) in [7, 11) is 3.54. The molecule has 1 N–H and O–H groups in total. The zero-order chi connectivity index (χ0) is 22.0. The van der Waals surface area contributed by atoms with Crippen LogP contribution < -0.4 is 10.1 Å². The second-order valence-electron chi connectivity index (χ2n) is 7.78. The third-order valence-corrected chi connectivity index (χ3v) is 5.82. The minimum Gasteiger partial charge on any atom is -0.496 e. The van der Waals surface area contributed by atoms with E-state index in [9.17, 15) is 14.4 Å². The van der Waals surface area contributed by atoms with E-state index in [0.717, 1.165) is 23.2 Å². The lowest BCUT2D eigenvalue weighted by molar-refractivity contribution is 0.0564. The smallest absolute Gasteiger partial charge is 0.322 e. The average Bonchev–Trinajstić information content (AvgIpc) is 2.79. The molecule has 1 fully saturated rings. The number of hydrogen-bond acceptors (Lipinski definition) is 5. The molecular weight excluding hydrogens is 399 g/mol. The number of fused-ring (bicyclic) bond motifs is 1. The number of carbonyl (C=O) groups excluding carboxylic acids is 1. The molecule has 2 aliphatic heterocycles. The number of nitriles is 1. The average molecular weight is 424 g/mol. The van der Waals surface area contributed by atoms with Crippen LogP contribution in [-0.4, -0.2) is 62.8 Å². The summed E-state index contributed by atoms with van der Waals surface area (Å²) in [6.45, 7) is 3.41. The van der Waals surface area contributed by atoms with E-state index in [1.807, 2.05) is 7.05 Å². The highest BCUT2D eigenvalue weighted by Gasteiger charge is 2.27. The minimum absolute atomic E-state index is 0.244. The van der Waals surface area contributed by atoms with Crippen LogP contribution in [0.3, 0.4) is 0 Å². The van der Waals surface area contributed by atoms with Crippen LogP contribution >= 0.6 is 0 Å². The Kier molecular flexibility index (Phi) is 6.07. The van der Waals surface area contributed by atoms with Crippen molar-refractivity contribution in [3.05, 3.63) is 46.8 Å². The monoisotopic (exact) mass is 424 g/mol. The number of likely N-dealkylation sites (N-methyl/N-ethyl adjacent to an activating group) is 1. The van der Waals surface area contributed by atoms with Crippen LogP contribution in [0.4, 0.5) is 14.9 Å². The molecule has 4 rings (SSSR count). The van der Waals surface area contributed by atoms with Gasteiger partial charge < -0.3 is 24.6 Å². The third-order valence-electron chi connectivity index (χ3n) is 5.82. The van der Waals surface area contributed by atoms with Gasteiger partial charge in [-0.1, -0.05) is 0 Å². The van der Waals surface area contributed by atoms with Gasteiger partial charge in [0.1, 0.15) is 17.6 Å². The maximum absolute atomic E-state index is 14.1. The molecule has 0 bridgehead atoms. The molecule has 162 valence electrons. The van der Waals surface area contributed by atoms with Gasteiger partial charge in [-0.25, -0.2) is 9.18 Å². The van der Waals surface area contributed by atoms with Gasteiger partial charge in [0.2, 0.25) is 0 Å². The van der Waals surface area contributed by atoms with Crippen molar-refractivity contribution in [3.63, 3.8) is 0 Å². The molecular formula is C23H25FN4O3. The van der Waals surface area contributed by atoms with Gasteiger partial charge in [-0.05, 0) is 54.4 Å². The number of methoxy groups -OCH3 is 1. The summed E-state index contributed by atoms with van der Waals surface area (Å²) in [5.41, 5.74) is 4.12. The SMILES string of the molecule is COc1ccc(F)cc1-c1cc(C#N)c(NC(=O)N2CCOCC2)c2c1CCN(C)C2. The number of urea groups is 1. The molecule has 7 nitrogen and oxygen atoms in total. The molecule has 0 radical (unpaired) electrons. The van der Waals surface area contributed by atoms with Crippen LogP contribution in [0.25, 0.3) is 11.1 Å². The predicted octanol–water partition coefficient (Wildman–Crippen LogP) is 3.22. The summed E-state index contributed by atoms with van der Waals surface area (Å²) >= 11 is 0. The minimum atomic E-state index is -0.374. The molecule has 0 unspecified atom stereocenters. The molecule has 1 saturated heterocycles. The Hall–Kier alpha value is -3.15. The van der Waals surface area contributed by atoms with E-state index in [1.165, 1.54) is 12.1 Å². The fourth-order valence-corrected chi connectivity index (χ4v) is 4.21. The fourth-order valence-electron chi connectivity index (χ4n) is 4.21. The van der Waals surface area contributed by atoms with Crippen LogP contribution in [0.15, 0.2) is 24.3 Å². The second-order valence-corrected chi connectivity index (χ2v) is 7.78. The first-order chi connectivity index (χ1) is 15.0. The molecule has 0 spiro atoms. The lowest BCUT2D eigenvalue weighted by Gasteiger charge is -2.32. The van der Waals surface area contributed by atoms with Gasteiger partial charge in [0.25, 0.3) is 0 Å². The number of anilines is 1. The Bertz CT molecular complexity index is 1040. The van der Waals surface area contributed by atoms with Crippen molar-refractivity contribution in [2.45, 2.75) is 13.0 Å². The fraction of sp³-hybridized carbons (Fsp3) is 0.391. The molecule has 0 aliphatic carbocycles. The molecule has 0 saturated carbocycles. The first-order valence-corrected chi connectivity index (χ1v) is 10.3. The van der Waals surface area contributed by atoms with E-state index >= 15 is 0 Å². The number of ether oxygens (including phenoxy) is 2. The quantitative estimate of drug-likeness (QED) is 0.819. The van der Waals surface area contributed by atoms with E-state index in [0.29, 0.717) is 61.8 Å². The Labute approximate surface area is 181 Å². The van der Waals surface area contributed by atoms with Gasteiger partial charge >= 0.3 is 6.03 Å². The number of amides is 2. The molecule has 8 heteroatoms. The van der Waals surface area contributed by atoms with Crippen LogP contribution in [0, 0.1) is 17.1 Å². The summed E-state index contributed by atoms with van der Waals surface area (Å²) in [5.74, 6) is 0.164. The van der Waals surface area contributed by atoms with E-state index in [-0.39, 0.29) is 11.8 Å². The highest BCUT2D eigenvalue weighted by Crippen LogP contribution is 2.40. The topological polar surface area (TPSA) is 77.8 Å². The van der Waals surface area contributed by atoms with E-state index in [2.05, 4.69) is 16.3 Å². The molecule has 2 heterocycles. The maximum Gasteiger partial charge on any atom is 0.322 e. The highest BCUT2D eigenvalue weighted by molar-refractivity contribution is 5.94. The van der Waals surface area contributed by atoms with Crippen LogP contribution in [-0.2, 0) is 17.7 Å². The van der Waals surface area contributed by atoms with Gasteiger partial charge in [-0.15, -0.1) is 0 Å². The molecule has 0 atom stereocenters. The summed E-state index contributed by atoms with van der Waals surface area (Å²) < 4.78 is 24.9. The Morgan fingerprint density at radius 1 is 1.19 bits per heavy atom. The summed E-state index contributed by atoms with van der Waals surface area (Å²) in [6, 6.07) is 8.08. The molecule has 2 aliphatic rings. The zero-order valence-electron chi connectivity index (χ0n) is 17.7. The van der Waals surface area contributed by atoms with Crippen LogP contribution in [0.1, 0.15) is 16.7 Å². The molecule has 2 amide bonds. The highest BCUT2D eigenvalue weighted by atomic mass is 19.1. The summed E-state index contributed by atoms with van der Waals surface area (Å²) in [5, 5.41) is 12.9. The van der Waals surface area contributed by atoms with E-state index in [4.69, 9.17) is 9.47 Å². The molecule has 2 aromatic carbocycles. The predicted molar refractivity (Wildman–Crippen MR) is 115 cm³/mol. The van der Waals surface area contributed by atoms with Crippen molar-refractivity contribution < 1.29 is 18.7 Å². The van der Waals surface area contributed by atoms with Crippen LogP contribution in [0.2, 0.25) is 0 Å². The first kappa shape index (κ1) is 21.1. The normalized spacial score (nSPS) is 16.4. The lowest BCUT2D eigenvalue weighted by Crippen LogP contribution is -2.43. The largest absolute Gasteiger partial charge is 0.496 e. The van der Waals surface area contributed by atoms with Gasteiger partial charge in [0, 0.05) is 31.7 Å². The van der Waals surface area contributed by atoms with Gasteiger partial charge in [-0.2, -0.15) is 5.26 Å². The number of rotatable bonds is 3. The molecule has 31 heavy (non-hydrogen) atoms. The Balaban J connectivity index is 1.83. The second kappa shape index (κ2) is 8.92. The van der Waals surface area contributed by atoms with Crippen molar-refractivity contribution in [3.8, 4) is 22.9 Å². The van der Waals surface area contributed by atoms with Crippen molar-refractivity contribution in [1.29, 1.82) is 5.26 Å². The van der Waals surface area contributed by atoms with E-state index < -0.39 is 0 Å². The number of halogens is 1. The van der Waals surface area contributed by atoms with Crippen molar-refractivity contribution >= 4 is 11.7 Å². The number of benzene rings is 2. The molecule has 0 aromatic heterocycles. The maximum atomic E-state index is 14.1. The number of carbonyl (C=O) groups is 1. The van der Waals surface area contributed by atoms with Crippen LogP contribution in [0.5, 0.6) is 5.75 Å². The van der Waals surface area contributed by atoms with Crippen molar-refractivity contribution in [1.82, 2.24) is 9.80 Å². The van der Waals surface area contributed by atoms with E-state index in [1.54, 1.807) is 24.1 Å². The summed E-state index contributed by atoms with van der Waals surface area (Å²) in [6.07, 6.45) is 0.715. The Morgan fingerprint density at radius 3 is 2.68 bits per heavy atom. The number of nitrogens with one attached hydrogen (secondary N) is 1. The zero-order valence-corrected chi connectivity index (χ0v) is 17.7. The van der Waals surface area contributed by atoms with Gasteiger partial charge in [-0.3, -0.25) is 0 Å². The standard InChI is InChI=1S/C23H25FN4O3/c1-27-6-5-17-18(19-12-16(24)3-4-21(19)30-2)11-15(13-25)22(20(17)14-27)26-23(29)28-7-9-31-10-8-28/h3-4,11-12H,5-10,14H2,1-2H3,(H,26,29). The Morgan fingerprint density at radius 2 is 1.97 bits per heavy atom. The number of hydrogen-bond donors (Lipinski definition) is 1. The van der Waals surface area contributed by atoms with Gasteiger partial charge in [0.15, 0.2) is 0 Å².